The van der Waals surface area contributed by atoms with E-state index < -0.39 is 5.82 Å². The fourth-order valence-corrected chi connectivity index (χ4v) is 3.73. The Morgan fingerprint density at radius 2 is 1.82 bits per heavy atom. The van der Waals surface area contributed by atoms with Gasteiger partial charge in [0.25, 0.3) is 0 Å². The lowest BCUT2D eigenvalue weighted by atomic mass is 9.98. The third-order valence-corrected chi connectivity index (χ3v) is 5.37. The Bertz CT molecular complexity index is 1480. The molecule has 33 heavy (non-hydrogen) atoms. The van der Waals surface area contributed by atoms with E-state index in [0.717, 1.165) is 22.2 Å². The number of fused-ring (bicyclic) bond motifs is 1. The maximum Gasteiger partial charge on any atom is 0.250 e. The lowest BCUT2D eigenvalue weighted by Crippen LogP contribution is -2.02. The van der Waals surface area contributed by atoms with Crippen LogP contribution in [0.1, 0.15) is 11.3 Å². The Balaban J connectivity index is 1.60. The van der Waals surface area contributed by atoms with Gasteiger partial charge in [-0.3, -0.25) is 4.98 Å². The molecule has 0 atom stereocenters. The van der Waals surface area contributed by atoms with Crippen LogP contribution >= 0.6 is 0 Å². The van der Waals surface area contributed by atoms with Crippen LogP contribution in [0.3, 0.4) is 0 Å². The standard InChI is InChI=1S/C25H19F2N5O/c1-15-7-8-16-9-18(23-14-32(31-30-23)13-17-5-3-4-6-21(17)26)10-20(24(16)29-15)19-11-22(27)25(33-2)28-12-19/h3-12,14H,13H2,1-2H3. The Morgan fingerprint density at radius 1 is 0.970 bits per heavy atom. The van der Waals surface area contributed by atoms with Crippen LogP contribution in [0.4, 0.5) is 8.78 Å². The minimum atomic E-state index is -0.558. The molecule has 0 aliphatic heterocycles. The van der Waals surface area contributed by atoms with E-state index in [4.69, 9.17) is 4.74 Å². The summed E-state index contributed by atoms with van der Waals surface area (Å²) < 4.78 is 35.0. The summed E-state index contributed by atoms with van der Waals surface area (Å²) >= 11 is 0. The molecule has 0 radical (unpaired) electrons. The van der Waals surface area contributed by atoms with Crippen LogP contribution in [0.2, 0.25) is 0 Å². The van der Waals surface area contributed by atoms with Gasteiger partial charge in [0.1, 0.15) is 11.5 Å². The first-order valence-electron chi connectivity index (χ1n) is 10.3. The summed E-state index contributed by atoms with van der Waals surface area (Å²) in [7, 11) is 1.37. The quantitative estimate of drug-likeness (QED) is 0.374. The van der Waals surface area contributed by atoms with Crippen LogP contribution in [-0.2, 0) is 6.54 Å². The maximum atomic E-state index is 14.4. The van der Waals surface area contributed by atoms with Gasteiger partial charge in [-0.05, 0) is 37.3 Å². The van der Waals surface area contributed by atoms with Crippen molar-refractivity contribution in [2.24, 2.45) is 0 Å². The summed E-state index contributed by atoms with van der Waals surface area (Å²) in [5.74, 6) is -0.922. The van der Waals surface area contributed by atoms with Gasteiger partial charge in [0.05, 0.1) is 25.4 Å². The number of pyridine rings is 2. The van der Waals surface area contributed by atoms with Crippen LogP contribution in [-0.4, -0.2) is 32.1 Å². The number of benzene rings is 2. The minimum absolute atomic E-state index is 0.0700. The van der Waals surface area contributed by atoms with Crippen molar-refractivity contribution < 1.29 is 13.5 Å². The van der Waals surface area contributed by atoms with E-state index in [2.05, 4.69) is 20.3 Å². The van der Waals surface area contributed by atoms with Crippen molar-refractivity contribution in [3.05, 3.63) is 89.9 Å². The second-order valence-corrected chi connectivity index (χ2v) is 7.66. The lowest BCUT2D eigenvalue weighted by molar-refractivity contribution is 0.369. The van der Waals surface area contributed by atoms with E-state index in [1.165, 1.54) is 19.2 Å². The highest BCUT2D eigenvalue weighted by Gasteiger charge is 2.15. The Kier molecular flexibility index (Phi) is 5.26. The van der Waals surface area contributed by atoms with Crippen molar-refractivity contribution in [2.45, 2.75) is 13.5 Å². The number of hydrogen-bond acceptors (Lipinski definition) is 5. The van der Waals surface area contributed by atoms with Gasteiger partial charge >= 0.3 is 0 Å². The molecule has 6 nitrogen and oxygen atoms in total. The van der Waals surface area contributed by atoms with E-state index in [9.17, 15) is 8.78 Å². The lowest BCUT2D eigenvalue weighted by Gasteiger charge is -2.10. The number of halogens is 2. The number of nitrogens with zero attached hydrogens (tertiary/aromatic N) is 5. The normalized spacial score (nSPS) is 11.2. The third kappa shape index (κ3) is 4.03. The number of aryl methyl sites for hydroxylation is 1. The molecule has 0 aliphatic rings. The molecule has 0 aliphatic carbocycles. The highest BCUT2D eigenvalue weighted by Crippen LogP contribution is 2.33. The molecular weight excluding hydrogens is 424 g/mol. The van der Waals surface area contributed by atoms with Crippen molar-refractivity contribution in [3.8, 4) is 28.3 Å². The summed E-state index contributed by atoms with van der Waals surface area (Å²) in [6, 6.07) is 15.6. The highest BCUT2D eigenvalue weighted by atomic mass is 19.1. The van der Waals surface area contributed by atoms with E-state index in [1.54, 1.807) is 35.3 Å². The Morgan fingerprint density at radius 3 is 2.61 bits per heavy atom. The predicted molar refractivity (Wildman–Crippen MR) is 121 cm³/mol. The molecule has 3 heterocycles. The smallest absolute Gasteiger partial charge is 0.250 e. The zero-order valence-electron chi connectivity index (χ0n) is 18.0. The maximum absolute atomic E-state index is 14.4. The van der Waals surface area contributed by atoms with Gasteiger partial charge in [0.15, 0.2) is 5.82 Å². The van der Waals surface area contributed by atoms with Crippen LogP contribution < -0.4 is 4.74 Å². The fourth-order valence-electron chi connectivity index (χ4n) is 3.73. The number of ether oxygens (including phenoxy) is 1. The van der Waals surface area contributed by atoms with E-state index >= 15 is 0 Å². The van der Waals surface area contributed by atoms with Crippen molar-refractivity contribution in [1.29, 1.82) is 0 Å². The summed E-state index contributed by atoms with van der Waals surface area (Å²) in [6.45, 7) is 2.16. The van der Waals surface area contributed by atoms with Gasteiger partial charge in [-0.25, -0.2) is 18.4 Å². The van der Waals surface area contributed by atoms with E-state index in [1.807, 2.05) is 31.2 Å². The second-order valence-electron chi connectivity index (χ2n) is 7.66. The largest absolute Gasteiger partial charge is 0.479 e. The number of rotatable bonds is 5. The fraction of sp³-hybridized carbons (Fsp3) is 0.120. The summed E-state index contributed by atoms with van der Waals surface area (Å²) in [4.78, 5) is 8.74. The van der Waals surface area contributed by atoms with Crippen molar-refractivity contribution in [2.75, 3.05) is 7.11 Å². The molecule has 2 aromatic carbocycles. The number of aromatic nitrogens is 5. The third-order valence-electron chi connectivity index (χ3n) is 5.37. The molecule has 0 N–H and O–H groups in total. The van der Waals surface area contributed by atoms with Gasteiger partial charge in [-0.1, -0.05) is 29.5 Å². The van der Waals surface area contributed by atoms with E-state index in [0.29, 0.717) is 22.4 Å². The molecule has 164 valence electrons. The van der Waals surface area contributed by atoms with Crippen LogP contribution in [0.5, 0.6) is 5.88 Å². The Labute approximate surface area is 188 Å². The predicted octanol–water partition coefficient (Wildman–Crippen LogP) is 5.20. The second kappa shape index (κ2) is 8.38. The van der Waals surface area contributed by atoms with Crippen molar-refractivity contribution in [3.63, 3.8) is 0 Å². The first-order chi connectivity index (χ1) is 16.0. The van der Waals surface area contributed by atoms with Crippen molar-refractivity contribution in [1.82, 2.24) is 25.0 Å². The monoisotopic (exact) mass is 443 g/mol. The van der Waals surface area contributed by atoms with Gasteiger partial charge in [0.2, 0.25) is 5.88 Å². The highest BCUT2D eigenvalue weighted by molar-refractivity contribution is 5.97. The Hall–Kier alpha value is -4.20. The molecular formula is C25H19F2N5O. The molecule has 0 unspecified atom stereocenters. The summed E-state index contributed by atoms with van der Waals surface area (Å²) in [6.07, 6.45) is 3.31. The number of methoxy groups -OCH3 is 1. The average Bonchev–Trinajstić information content (AvgIpc) is 3.28. The zero-order valence-corrected chi connectivity index (χ0v) is 18.0. The summed E-state index contributed by atoms with van der Waals surface area (Å²) in [5, 5.41) is 9.30. The van der Waals surface area contributed by atoms with Crippen molar-refractivity contribution >= 4 is 10.9 Å². The SMILES string of the molecule is COc1ncc(-c2cc(-c3cn(Cc4ccccc4F)nn3)cc3ccc(C)nc23)cc1F. The summed E-state index contributed by atoms with van der Waals surface area (Å²) in [5.41, 5.74) is 4.75. The first kappa shape index (κ1) is 20.7. The van der Waals surface area contributed by atoms with Crippen LogP contribution in [0.15, 0.2) is 67.0 Å². The van der Waals surface area contributed by atoms with Gasteiger partial charge in [-0.15, -0.1) is 5.10 Å². The molecule has 5 aromatic rings. The molecule has 0 saturated carbocycles. The molecule has 0 spiro atoms. The first-order valence-corrected chi connectivity index (χ1v) is 10.3. The number of hydrogen-bond donors (Lipinski definition) is 0. The molecule has 0 saturated heterocycles. The zero-order chi connectivity index (χ0) is 22.9. The molecule has 5 rings (SSSR count). The van der Waals surface area contributed by atoms with Crippen LogP contribution in [0, 0.1) is 18.6 Å². The molecule has 0 fully saturated rings. The van der Waals surface area contributed by atoms with E-state index in [-0.39, 0.29) is 18.2 Å². The van der Waals surface area contributed by atoms with Gasteiger partial charge in [-0.2, -0.15) is 0 Å². The molecule has 0 amide bonds. The molecule has 8 heteroatoms. The van der Waals surface area contributed by atoms with Gasteiger partial charge < -0.3 is 4.74 Å². The molecule has 3 aromatic heterocycles. The minimum Gasteiger partial charge on any atom is -0.479 e. The van der Waals surface area contributed by atoms with Crippen LogP contribution in [0.25, 0.3) is 33.3 Å². The molecule has 0 bridgehead atoms. The topological polar surface area (TPSA) is 65.7 Å². The average molecular weight is 443 g/mol. The van der Waals surface area contributed by atoms with Gasteiger partial charge in [0, 0.05) is 39.5 Å².